The van der Waals surface area contributed by atoms with Crippen molar-refractivity contribution in [1.29, 1.82) is 0 Å². The molecule has 0 radical (unpaired) electrons. The van der Waals surface area contributed by atoms with Crippen molar-refractivity contribution in [3.63, 3.8) is 0 Å². The summed E-state index contributed by atoms with van der Waals surface area (Å²) in [6, 6.07) is 12.5. The molecule has 0 spiro atoms. The van der Waals surface area contributed by atoms with Gasteiger partial charge in [-0.2, -0.15) is 0 Å². The zero-order valence-corrected chi connectivity index (χ0v) is 20.0. The van der Waals surface area contributed by atoms with Crippen LogP contribution in [0.25, 0.3) is 0 Å². The van der Waals surface area contributed by atoms with Crippen molar-refractivity contribution in [3.05, 3.63) is 82.4 Å². The van der Waals surface area contributed by atoms with Gasteiger partial charge in [0.05, 0.1) is 30.4 Å². The summed E-state index contributed by atoms with van der Waals surface area (Å²) in [5.74, 6) is -1.21. The highest BCUT2D eigenvalue weighted by atomic mass is 19.1. The third-order valence-electron chi connectivity index (χ3n) is 6.42. The maximum Gasteiger partial charge on any atom is 0.243 e. The van der Waals surface area contributed by atoms with E-state index < -0.39 is 24.2 Å². The Bertz CT molecular complexity index is 1200. The van der Waals surface area contributed by atoms with Gasteiger partial charge >= 0.3 is 0 Å². The van der Waals surface area contributed by atoms with E-state index >= 15 is 0 Å². The van der Waals surface area contributed by atoms with E-state index in [1.54, 1.807) is 19.1 Å². The molecule has 4 rings (SSSR count). The van der Waals surface area contributed by atoms with Gasteiger partial charge in [0.1, 0.15) is 18.0 Å². The summed E-state index contributed by atoms with van der Waals surface area (Å²) in [6.45, 7) is 5.38. The Morgan fingerprint density at radius 1 is 1.17 bits per heavy atom. The SMILES string of the molecule is Cc1nn[nH]c1CC(=O)N1CC(F)CC1C(=O)NC(c1ccccc1)c1ccc(C(C)C)c(F)c1. The maximum absolute atomic E-state index is 14.8. The number of hydrogen-bond acceptors (Lipinski definition) is 4. The van der Waals surface area contributed by atoms with Crippen LogP contribution in [0.1, 0.15) is 60.3 Å². The zero-order chi connectivity index (χ0) is 25.1. The number of nitrogens with one attached hydrogen (secondary N) is 2. The van der Waals surface area contributed by atoms with Crippen LogP contribution in [0.2, 0.25) is 0 Å². The van der Waals surface area contributed by atoms with E-state index in [1.165, 1.54) is 11.0 Å². The zero-order valence-electron chi connectivity index (χ0n) is 20.0. The number of H-pyrrole nitrogens is 1. The van der Waals surface area contributed by atoms with Gasteiger partial charge < -0.3 is 10.2 Å². The number of rotatable bonds is 7. The van der Waals surface area contributed by atoms with Gasteiger partial charge in [0.2, 0.25) is 11.8 Å². The summed E-state index contributed by atoms with van der Waals surface area (Å²) >= 11 is 0. The van der Waals surface area contributed by atoms with Gasteiger partial charge in [-0.05, 0) is 35.6 Å². The van der Waals surface area contributed by atoms with Crippen LogP contribution in [0.15, 0.2) is 48.5 Å². The van der Waals surface area contributed by atoms with Crippen molar-refractivity contribution in [2.45, 2.75) is 57.8 Å². The first-order valence-electron chi connectivity index (χ1n) is 11.7. The van der Waals surface area contributed by atoms with Crippen LogP contribution in [-0.4, -0.2) is 50.9 Å². The van der Waals surface area contributed by atoms with Crippen LogP contribution in [0.4, 0.5) is 8.78 Å². The molecule has 3 atom stereocenters. The molecule has 35 heavy (non-hydrogen) atoms. The number of aryl methyl sites for hydroxylation is 1. The number of benzene rings is 2. The maximum atomic E-state index is 14.8. The third-order valence-corrected chi connectivity index (χ3v) is 6.42. The highest BCUT2D eigenvalue weighted by Crippen LogP contribution is 2.28. The fourth-order valence-corrected chi connectivity index (χ4v) is 4.46. The smallest absolute Gasteiger partial charge is 0.243 e. The van der Waals surface area contributed by atoms with Crippen molar-refractivity contribution in [2.24, 2.45) is 0 Å². The number of hydrogen-bond donors (Lipinski definition) is 2. The van der Waals surface area contributed by atoms with E-state index in [9.17, 15) is 18.4 Å². The molecule has 3 aromatic rings. The minimum atomic E-state index is -1.31. The predicted molar refractivity (Wildman–Crippen MR) is 127 cm³/mol. The molecule has 1 fully saturated rings. The molecule has 2 N–H and O–H groups in total. The number of aromatic nitrogens is 3. The van der Waals surface area contributed by atoms with Crippen LogP contribution in [-0.2, 0) is 16.0 Å². The molecule has 7 nitrogen and oxygen atoms in total. The Labute approximate surface area is 202 Å². The predicted octanol–water partition coefficient (Wildman–Crippen LogP) is 3.76. The third kappa shape index (κ3) is 5.39. The normalized spacial score (nSPS) is 18.6. The van der Waals surface area contributed by atoms with Crippen LogP contribution in [0.3, 0.4) is 0 Å². The molecule has 0 aliphatic carbocycles. The molecule has 0 saturated carbocycles. The van der Waals surface area contributed by atoms with Crippen molar-refractivity contribution in [3.8, 4) is 0 Å². The van der Waals surface area contributed by atoms with Gasteiger partial charge in [-0.1, -0.05) is 61.5 Å². The minimum Gasteiger partial charge on any atom is -0.343 e. The van der Waals surface area contributed by atoms with E-state index in [0.29, 0.717) is 22.5 Å². The van der Waals surface area contributed by atoms with Crippen LogP contribution in [0.5, 0.6) is 0 Å². The Morgan fingerprint density at radius 2 is 1.91 bits per heavy atom. The van der Waals surface area contributed by atoms with Crippen LogP contribution >= 0.6 is 0 Å². The molecule has 1 aliphatic rings. The fraction of sp³-hybridized carbons (Fsp3) is 0.385. The van der Waals surface area contributed by atoms with Gasteiger partial charge in [-0.3, -0.25) is 14.7 Å². The molecule has 2 aromatic carbocycles. The lowest BCUT2D eigenvalue weighted by Gasteiger charge is -2.27. The van der Waals surface area contributed by atoms with Gasteiger partial charge in [0.25, 0.3) is 0 Å². The van der Waals surface area contributed by atoms with Crippen LogP contribution in [0, 0.1) is 12.7 Å². The second-order valence-corrected chi connectivity index (χ2v) is 9.24. The van der Waals surface area contributed by atoms with Crippen molar-refractivity contribution < 1.29 is 18.4 Å². The molecular formula is C26H29F2N5O2. The first kappa shape index (κ1) is 24.5. The monoisotopic (exact) mass is 481 g/mol. The van der Waals surface area contributed by atoms with E-state index in [4.69, 9.17) is 0 Å². The number of nitrogens with zero attached hydrogens (tertiary/aromatic N) is 3. The number of likely N-dealkylation sites (tertiary alicyclic amines) is 1. The highest BCUT2D eigenvalue weighted by Gasteiger charge is 2.40. The Morgan fingerprint density at radius 3 is 2.54 bits per heavy atom. The molecule has 0 bridgehead atoms. The molecule has 1 saturated heterocycles. The Balaban J connectivity index is 1.59. The summed E-state index contributed by atoms with van der Waals surface area (Å²) in [4.78, 5) is 27.6. The summed E-state index contributed by atoms with van der Waals surface area (Å²) in [5.41, 5.74) is 3.01. The molecule has 2 heterocycles. The summed E-state index contributed by atoms with van der Waals surface area (Å²) in [5, 5.41) is 13.1. The molecule has 3 unspecified atom stereocenters. The number of alkyl halides is 1. The summed E-state index contributed by atoms with van der Waals surface area (Å²) in [7, 11) is 0. The van der Waals surface area contributed by atoms with E-state index in [-0.39, 0.29) is 37.0 Å². The van der Waals surface area contributed by atoms with Gasteiger partial charge in [0.15, 0.2) is 0 Å². The lowest BCUT2D eigenvalue weighted by molar-refractivity contribution is -0.138. The first-order chi connectivity index (χ1) is 16.7. The average Bonchev–Trinajstić information content (AvgIpc) is 3.42. The van der Waals surface area contributed by atoms with Gasteiger partial charge in [-0.15, -0.1) is 5.10 Å². The molecule has 2 amide bonds. The second kappa shape index (κ2) is 10.3. The average molecular weight is 482 g/mol. The standard InChI is InChI=1S/C26H29F2N5O2/c1-15(2)20-10-9-18(11-21(20)28)25(17-7-5-4-6-8-17)29-26(35)23-12-19(27)14-33(23)24(34)13-22-16(3)30-32-31-22/h4-11,15,19,23,25H,12-14H2,1-3H3,(H,29,35)(H,30,31,32). The molecular weight excluding hydrogens is 452 g/mol. The minimum absolute atomic E-state index is 0.0158. The largest absolute Gasteiger partial charge is 0.343 e. The van der Waals surface area contributed by atoms with E-state index in [1.807, 2.05) is 44.2 Å². The summed E-state index contributed by atoms with van der Waals surface area (Å²) in [6.07, 6.45) is -1.46. The second-order valence-electron chi connectivity index (χ2n) is 9.24. The molecule has 1 aromatic heterocycles. The molecule has 184 valence electrons. The topological polar surface area (TPSA) is 91.0 Å². The Hall–Kier alpha value is -3.62. The van der Waals surface area contributed by atoms with Crippen molar-refractivity contribution >= 4 is 11.8 Å². The van der Waals surface area contributed by atoms with Gasteiger partial charge in [-0.25, -0.2) is 8.78 Å². The first-order valence-corrected chi connectivity index (χ1v) is 11.7. The number of carbonyl (C=O) groups is 2. The fourth-order valence-electron chi connectivity index (χ4n) is 4.46. The lowest BCUT2D eigenvalue weighted by atomic mass is 9.94. The van der Waals surface area contributed by atoms with E-state index in [0.717, 1.165) is 5.56 Å². The number of aromatic amines is 1. The van der Waals surface area contributed by atoms with Gasteiger partial charge in [0, 0.05) is 6.42 Å². The van der Waals surface area contributed by atoms with E-state index in [2.05, 4.69) is 20.7 Å². The van der Waals surface area contributed by atoms with Crippen molar-refractivity contribution in [2.75, 3.05) is 6.54 Å². The number of carbonyl (C=O) groups excluding carboxylic acids is 2. The van der Waals surface area contributed by atoms with Crippen molar-refractivity contribution in [1.82, 2.24) is 25.6 Å². The molecule has 9 heteroatoms. The van der Waals surface area contributed by atoms with Crippen LogP contribution < -0.4 is 5.32 Å². The molecule has 1 aliphatic heterocycles. The number of halogens is 2. The highest BCUT2D eigenvalue weighted by molar-refractivity contribution is 5.89. The number of amides is 2. The lowest BCUT2D eigenvalue weighted by Crippen LogP contribution is -2.47. The Kier molecular flexibility index (Phi) is 7.23. The quantitative estimate of drug-likeness (QED) is 0.538. The summed E-state index contributed by atoms with van der Waals surface area (Å²) < 4.78 is 29.2.